The maximum atomic E-state index is 12.3. The van der Waals surface area contributed by atoms with Crippen molar-refractivity contribution in [1.82, 2.24) is 9.97 Å². The average Bonchev–Trinajstić information content (AvgIpc) is 3.18. The van der Waals surface area contributed by atoms with Crippen LogP contribution in [0.3, 0.4) is 0 Å². The molecule has 2 aromatic carbocycles. The summed E-state index contributed by atoms with van der Waals surface area (Å²) in [5.41, 5.74) is 2.71. The Labute approximate surface area is 165 Å². The molecule has 2 heterocycles. The lowest BCUT2D eigenvalue weighted by Gasteiger charge is -2.09. The maximum absolute atomic E-state index is 12.3. The van der Waals surface area contributed by atoms with Crippen molar-refractivity contribution in [2.75, 3.05) is 19.0 Å². The summed E-state index contributed by atoms with van der Waals surface area (Å²) < 4.78 is 10.8. The van der Waals surface area contributed by atoms with Gasteiger partial charge in [-0.3, -0.25) is 4.79 Å². The number of rotatable bonds is 6. The fourth-order valence-corrected chi connectivity index (χ4v) is 3.70. The molecular formula is C21H17N3O3S. The number of hydrogen-bond donors (Lipinski definition) is 1. The van der Waals surface area contributed by atoms with Crippen molar-refractivity contribution >= 4 is 33.1 Å². The Hall–Kier alpha value is -3.45. The standard InChI is InChI=1S/C21H17N3O3S/c1-26-16-9-7-15(8-10-16)24-18(25)11-27-20-19-17(14-5-3-2-4-6-14)12-28-21(19)23-13-22-20/h2-10,12-13H,11H2,1H3,(H,24,25). The Kier molecular flexibility index (Phi) is 5.16. The number of methoxy groups -OCH3 is 1. The largest absolute Gasteiger partial charge is 0.497 e. The van der Waals surface area contributed by atoms with Gasteiger partial charge < -0.3 is 14.8 Å². The van der Waals surface area contributed by atoms with E-state index >= 15 is 0 Å². The van der Waals surface area contributed by atoms with Crippen LogP contribution in [-0.2, 0) is 4.79 Å². The second-order valence-corrected chi connectivity index (χ2v) is 6.80. The van der Waals surface area contributed by atoms with Crippen LogP contribution in [0.25, 0.3) is 21.3 Å². The zero-order valence-electron chi connectivity index (χ0n) is 15.1. The minimum atomic E-state index is -0.270. The van der Waals surface area contributed by atoms with Gasteiger partial charge in [-0.05, 0) is 29.8 Å². The first-order valence-electron chi connectivity index (χ1n) is 8.59. The van der Waals surface area contributed by atoms with Crippen molar-refractivity contribution < 1.29 is 14.3 Å². The Balaban J connectivity index is 1.51. The van der Waals surface area contributed by atoms with Gasteiger partial charge in [-0.2, -0.15) is 0 Å². The van der Waals surface area contributed by atoms with Gasteiger partial charge in [0.2, 0.25) is 5.88 Å². The number of ether oxygens (including phenoxy) is 2. The summed E-state index contributed by atoms with van der Waals surface area (Å²) in [6.45, 7) is -0.151. The van der Waals surface area contributed by atoms with Gasteiger partial charge in [0, 0.05) is 16.6 Å². The summed E-state index contributed by atoms with van der Waals surface area (Å²) >= 11 is 1.52. The number of nitrogens with zero attached hydrogens (tertiary/aromatic N) is 2. The fraction of sp³-hybridized carbons (Fsp3) is 0.0952. The molecule has 0 saturated heterocycles. The Morgan fingerprint density at radius 3 is 2.61 bits per heavy atom. The molecule has 0 saturated carbocycles. The molecule has 0 aliphatic rings. The smallest absolute Gasteiger partial charge is 0.262 e. The number of anilines is 1. The topological polar surface area (TPSA) is 73.3 Å². The van der Waals surface area contributed by atoms with Gasteiger partial charge in [0.25, 0.3) is 5.91 Å². The van der Waals surface area contributed by atoms with Crippen molar-refractivity contribution in [1.29, 1.82) is 0 Å². The highest BCUT2D eigenvalue weighted by molar-refractivity contribution is 7.17. The summed E-state index contributed by atoms with van der Waals surface area (Å²) in [5, 5.41) is 5.63. The third-order valence-electron chi connectivity index (χ3n) is 4.13. The monoisotopic (exact) mass is 391 g/mol. The first-order chi connectivity index (χ1) is 13.7. The van der Waals surface area contributed by atoms with E-state index in [0.717, 1.165) is 27.1 Å². The number of fused-ring (bicyclic) bond motifs is 1. The number of carbonyl (C=O) groups excluding carboxylic acids is 1. The minimum Gasteiger partial charge on any atom is -0.497 e. The molecule has 0 aliphatic carbocycles. The fourth-order valence-electron chi connectivity index (χ4n) is 2.79. The summed E-state index contributed by atoms with van der Waals surface area (Å²) in [4.78, 5) is 21.6. The third kappa shape index (κ3) is 3.79. The highest BCUT2D eigenvalue weighted by Gasteiger charge is 2.15. The quantitative estimate of drug-likeness (QED) is 0.528. The van der Waals surface area contributed by atoms with Crippen molar-refractivity contribution in [2.45, 2.75) is 0 Å². The molecule has 0 atom stereocenters. The van der Waals surface area contributed by atoms with Crippen LogP contribution in [0.5, 0.6) is 11.6 Å². The molecule has 4 aromatic rings. The van der Waals surface area contributed by atoms with Crippen LogP contribution in [0.1, 0.15) is 0 Å². The predicted octanol–water partition coefficient (Wildman–Crippen LogP) is 4.38. The molecule has 0 unspecified atom stereocenters. The van der Waals surface area contributed by atoms with Crippen LogP contribution in [0, 0.1) is 0 Å². The van der Waals surface area contributed by atoms with Crippen molar-refractivity contribution in [2.24, 2.45) is 0 Å². The second kappa shape index (κ2) is 8.06. The van der Waals surface area contributed by atoms with E-state index in [9.17, 15) is 4.79 Å². The van der Waals surface area contributed by atoms with E-state index in [1.54, 1.807) is 31.4 Å². The van der Waals surface area contributed by atoms with E-state index in [0.29, 0.717) is 11.6 Å². The van der Waals surface area contributed by atoms with Crippen molar-refractivity contribution in [3.8, 4) is 22.8 Å². The number of benzene rings is 2. The number of amides is 1. The van der Waals surface area contributed by atoms with Crippen LogP contribution in [-0.4, -0.2) is 29.6 Å². The summed E-state index contributed by atoms with van der Waals surface area (Å²) in [6.07, 6.45) is 1.45. The van der Waals surface area contributed by atoms with Gasteiger partial charge in [0.1, 0.15) is 16.9 Å². The molecule has 7 heteroatoms. The average molecular weight is 391 g/mol. The number of thiophene rings is 1. The first kappa shape index (κ1) is 17.9. The Morgan fingerprint density at radius 1 is 1.07 bits per heavy atom. The van der Waals surface area contributed by atoms with Gasteiger partial charge >= 0.3 is 0 Å². The summed E-state index contributed by atoms with van der Waals surface area (Å²) in [6, 6.07) is 17.1. The van der Waals surface area contributed by atoms with Crippen LogP contribution < -0.4 is 14.8 Å². The van der Waals surface area contributed by atoms with Crippen LogP contribution in [0.2, 0.25) is 0 Å². The molecule has 6 nitrogen and oxygen atoms in total. The van der Waals surface area contributed by atoms with Crippen LogP contribution in [0.4, 0.5) is 5.69 Å². The molecule has 0 aliphatic heterocycles. The number of hydrogen-bond acceptors (Lipinski definition) is 6. The minimum absolute atomic E-state index is 0.151. The molecule has 0 fully saturated rings. The van der Waals surface area contributed by atoms with Crippen molar-refractivity contribution in [3.05, 3.63) is 66.3 Å². The summed E-state index contributed by atoms with van der Waals surface area (Å²) in [5.74, 6) is 0.854. The molecule has 1 amide bonds. The highest BCUT2D eigenvalue weighted by Crippen LogP contribution is 2.37. The lowest BCUT2D eigenvalue weighted by Crippen LogP contribution is -2.20. The molecule has 1 N–H and O–H groups in total. The van der Waals surface area contributed by atoms with Gasteiger partial charge in [0.15, 0.2) is 6.61 Å². The molecule has 140 valence electrons. The molecule has 0 spiro atoms. The van der Waals surface area contributed by atoms with E-state index in [1.165, 1.54) is 17.7 Å². The maximum Gasteiger partial charge on any atom is 0.262 e. The Bertz CT molecular complexity index is 1100. The molecule has 2 aromatic heterocycles. The molecule has 28 heavy (non-hydrogen) atoms. The van der Waals surface area contributed by atoms with Crippen LogP contribution in [0.15, 0.2) is 66.3 Å². The number of nitrogens with one attached hydrogen (secondary N) is 1. The van der Waals surface area contributed by atoms with Gasteiger partial charge in [-0.25, -0.2) is 9.97 Å². The normalized spacial score (nSPS) is 10.6. The van der Waals surface area contributed by atoms with E-state index in [2.05, 4.69) is 15.3 Å². The van der Waals surface area contributed by atoms with E-state index in [-0.39, 0.29) is 12.5 Å². The molecular weight excluding hydrogens is 374 g/mol. The zero-order chi connectivity index (χ0) is 19.3. The second-order valence-electron chi connectivity index (χ2n) is 5.94. The highest BCUT2D eigenvalue weighted by atomic mass is 32.1. The zero-order valence-corrected chi connectivity index (χ0v) is 15.9. The van der Waals surface area contributed by atoms with E-state index in [4.69, 9.17) is 9.47 Å². The van der Waals surface area contributed by atoms with Gasteiger partial charge in [-0.15, -0.1) is 11.3 Å². The first-order valence-corrected chi connectivity index (χ1v) is 9.47. The van der Waals surface area contributed by atoms with Gasteiger partial charge in [0.05, 0.1) is 12.5 Å². The SMILES string of the molecule is COc1ccc(NC(=O)COc2ncnc3scc(-c4ccccc4)c23)cc1. The number of aromatic nitrogens is 2. The van der Waals surface area contributed by atoms with Crippen LogP contribution >= 0.6 is 11.3 Å². The Morgan fingerprint density at radius 2 is 1.86 bits per heavy atom. The predicted molar refractivity (Wildman–Crippen MR) is 110 cm³/mol. The van der Waals surface area contributed by atoms with Crippen molar-refractivity contribution in [3.63, 3.8) is 0 Å². The molecule has 0 radical (unpaired) electrons. The molecule has 4 rings (SSSR count). The molecule has 0 bridgehead atoms. The lowest BCUT2D eigenvalue weighted by molar-refractivity contribution is -0.118. The number of carbonyl (C=O) groups is 1. The summed E-state index contributed by atoms with van der Waals surface area (Å²) in [7, 11) is 1.60. The van der Waals surface area contributed by atoms with Gasteiger partial charge in [-0.1, -0.05) is 30.3 Å². The van der Waals surface area contributed by atoms with E-state index in [1.807, 2.05) is 35.7 Å². The lowest BCUT2D eigenvalue weighted by atomic mass is 10.1. The third-order valence-corrected chi connectivity index (χ3v) is 5.02. The van der Waals surface area contributed by atoms with E-state index < -0.39 is 0 Å².